The van der Waals surface area contributed by atoms with E-state index in [1.54, 1.807) is 36.4 Å². The van der Waals surface area contributed by atoms with Crippen molar-refractivity contribution in [1.82, 2.24) is 30.4 Å². The zero-order valence-electron chi connectivity index (χ0n) is 26.1. The fraction of sp³-hybridized carbons (Fsp3) is 0.364. The fourth-order valence-electron chi connectivity index (χ4n) is 5.18. The number of nitrogens with one attached hydrogen (secondary N) is 3. The van der Waals surface area contributed by atoms with E-state index in [0.717, 1.165) is 33.7 Å². The van der Waals surface area contributed by atoms with E-state index in [4.69, 9.17) is 14.5 Å². The third-order valence-corrected chi connectivity index (χ3v) is 8.95. The first kappa shape index (κ1) is 32.1. The van der Waals surface area contributed by atoms with Crippen molar-refractivity contribution in [1.29, 1.82) is 0 Å². The second-order valence-corrected chi connectivity index (χ2v) is 12.5. The summed E-state index contributed by atoms with van der Waals surface area (Å²) >= 11 is 1.43. The van der Waals surface area contributed by atoms with Crippen molar-refractivity contribution in [3.05, 3.63) is 66.2 Å². The molecule has 3 aromatic heterocycles. The first-order valence-corrected chi connectivity index (χ1v) is 16.4. The van der Waals surface area contributed by atoms with E-state index in [9.17, 15) is 18.8 Å². The van der Waals surface area contributed by atoms with Crippen LogP contribution in [-0.2, 0) is 16.1 Å². The van der Waals surface area contributed by atoms with Crippen molar-refractivity contribution in [2.45, 2.75) is 45.3 Å². The topological polar surface area (TPSA) is 138 Å². The Hall–Kier alpha value is -4.82. The third-order valence-electron chi connectivity index (χ3n) is 7.79. The van der Waals surface area contributed by atoms with Gasteiger partial charge in [-0.15, -0.1) is 11.3 Å². The Bertz CT molecular complexity index is 1760. The minimum Gasteiger partial charge on any atom is -0.465 e. The zero-order chi connectivity index (χ0) is 32.9. The molecule has 0 atom stereocenters. The Morgan fingerprint density at radius 2 is 1.89 bits per heavy atom. The van der Waals surface area contributed by atoms with E-state index in [1.165, 1.54) is 23.5 Å². The number of pyridine rings is 2. The van der Waals surface area contributed by atoms with E-state index in [2.05, 4.69) is 20.9 Å². The van der Waals surface area contributed by atoms with Crippen LogP contribution < -0.4 is 20.7 Å². The van der Waals surface area contributed by atoms with E-state index in [1.807, 2.05) is 30.0 Å². The van der Waals surface area contributed by atoms with Gasteiger partial charge in [0.25, 0.3) is 0 Å². The summed E-state index contributed by atoms with van der Waals surface area (Å²) in [6.07, 6.45) is 5.30. The number of likely N-dealkylation sites (tertiary alicyclic amines) is 1. The summed E-state index contributed by atoms with van der Waals surface area (Å²) in [5.41, 5.74) is 2.66. The molecule has 47 heavy (non-hydrogen) atoms. The number of hydrogen-bond acceptors (Lipinski definition) is 9. The first-order chi connectivity index (χ1) is 22.8. The summed E-state index contributed by atoms with van der Waals surface area (Å²) in [6.45, 7) is 6.14. The molecule has 6 rings (SSSR count). The van der Waals surface area contributed by atoms with E-state index in [0.29, 0.717) is 49.7 Å². The molecule has 1 aromatic carbocycles. The number of anilines is 1. The number of amides is 4. The summed E-state index contributed by atoms with van der Waals surface area (Å²) in [6, 6.07) is 11.5. The van der Waals surface area contributed by atoms with Gasteiger partial charge in [-0.2, -0.15) is 0 Å². The maximum atomic E-state index is 15.0. The number of benzene rings is 1. The molecule has 14 heteroatoms. The number of fused-ring (bicyclic) bond motifs is 1. The Morgan fingerprint density at radius 1 is 1.06 bits per heavy atom. The summed E-state index contributed by atoms with van der Waals surface area (Å²) < 4.78 is 26.9. The maximum Gasteiger partial charge on any atom is 0.320 e. The van der Waals surface area contributed by atoms with Gasteiger partial charge in [-0.3, -0.25) is 19.7 Å². The van der Waals surface area contributed by atoms with Crippen LogP contribution >= 0.6 is 11.3 Å². The maximum absolute atomic E-state index is 15.0. The van der Waals surface area contributed by atoms with Crippen molar-refractivity contribution in [2.24, 2.45) is 0 Å². The largest absolute Gasteiger partial charge is 0.465 e. The van der Waals surface area contributed by atoms with Gasteiger partial charge in [0.2, 0.25) is 0 Å². The van der Waals surface area contributed by atoms with Crippen molar-refractivity contribution in [3.8, 4) is 22.1 Å². The number of carbonyl (C=O) groups is 3. The van der Waals surface area contributed by atoms with Crippen LogP contribution in [0, 0.1) is 5.82 Å². The third kappa shape index (κ3) is 7.95. The van der Waals surface area contributed by atoms with Crippen LogP contribution in [0.1, 0.15) is 32.3 Å². The van der Waals surface area contributed by atoms with Crippen LogP contribution in [0.5, 0.6) is 11.5 Å². The van der Waals surface area contributed by atoms with Gasteiger partial charge in [0.15, 0.2) is 11.6 Å². The summed E-state index contributed by atoms with van der Waals surface area (Å²) in [5.74, 6) is -0.445. The molecule has 2 fully saturated rings. The number of rotatable bonds is 12. The Labute approximate surface area is 275 Å². The lowest BCUT2D eigenvalue weighted by atomic mass is 10.1. The number of hydrogen-bond donors (Lipinski definition) is 3. The number of carbonyl (C=O) groups excluding carboxylic acids is 3. The first-order valence-electron chi connectivity index (χ1n) is 15.6. The average molecular weight is 662 g/mol. The predicted molar refractivity (Wildman–Crippen MR) is 176 cm³/mol. The van der Waals surface area contributed by atoms with Gasteiger partial charge in [0.1, 0.15) is 5.75 Å². The molecule has 0 bridgehead atoms. The van der Waals surface area contributed by atoms with Crippen LogP contribution in [0.2, 0.25) is 0 Å². The van der Waals surface area contributed by atoms with Crippen LogP contribution in [0.3, 0.4) is 0 Å². The molecule has 12 nitrogen and oxygen atoms in total. The molecule has 246 valence electrons. The Morgan fingerprint density at radius 3 is 2.60 bits per heavy atom. The van der Waals surface area contributed by atoms with Crippen LogP contribution in [0.4, 0.5) is 19.7 Å². The van der Waals surface area contributed by atoms with Crippen LogP contribution in [0.25, 0.3) is 20.8 Å². The lowest BCUT2D eigenvalue weighted by Gasteiger charge is -2.44. The molecule has 0 unspecified atom stereocenters. The molecule has 3 N–H and O–H groups in total. The van der Waals surface area contributed by atoms with Crippen LogP contribution in [-0.4, -0.2) is 82.7 Å². The molecule has 4 aromatic rings. The minimum atomic E-state index is -0.607. The number of urea groups is 2. The predicted octanol–water partition coefficient (Wildman–Crippen LogP) is 5.35. The standard InChI is InChI=1S/C33H36FN7O5S/c1-3-35-33(44)41-17-23(18-41)40(19-30(42)45-4-2)16-20-5-9-25(37-15-20)29-14-26-31(47-29)28(11-12-36-26)46-27-10-8-22(13-24(27)34)39-32(43)38-21-6-7-21/h5,8-15,21,23H,3-4,6-7,16-19H2,1-2H3,(H,35,44)(H2,38,39,43). The fourth-order valence-corrected chi connectivity index (χ4v) is 6.22. The monoisotopic (exact) mass is 661 g/mol. The Balaban J connectivity index is 1.13. The van der Waals surface area contributed by atoms with Gasteiger partial charge in [-0.05, 0) is 56.5 Å². The lowest BCUT2D eigenvalue weighted by Crippen LogP contribution is -2.63. The van der Waals surface area contributed by atoms with Gasteiger partial charge in [-0.25, -0.2) is 14.0 Å². The summed E-state index contributed by atoms with van der Waals surface area (Å²) in [5, 5.41) is 8.25. The van der Waals surface area contributed by atoms with Crippen molar-refractivity contribution < 1.29 is 28.2 Å². The molecule has 1 saturated carbocycles. The average Bonchev–Trinajstić information content (AvgIpc) is 3.71. The zero-order valence-corrected chi connectivity index (χ0v) is 26.9. The normalized spacial score (nSPS) is 14.5. The second-order valence-electron chi connectivity index (χ2n) is 11.4. The smallest absolute Gasteiger partial charge is 0.320 e. The van der Waals surface area contributed by atoms with E-state index in [-0.39, 0.29) is 42.4 Å². The van der Waals surface area contributed by atoms with Crippen molar-refractivity contribution in [3.63, 3.8) is 0 Å². The highest BCUT2D eigenvalue weighted by Gasteiger charge is 2.35. The van der Waals surface area contributed by atoms with Crippen LogP contribution in [0.15, 0.2) is 54.9 Å². The number of esters is 1. The molecule has 4 heterocycles. The molecule has 2 aliphatic rings. The highest BCUT2D eigenvalue weighted by molar-refractivity contribution is 7.22. The highest BCUT2D eigenvalue weighted by atomic mass is 32.1. The summed E-state index contributed by atoms with van der Waals surface area (Å²) in [4.78, 5) is 50.3. The van der Waals surface area contributed by atoms with E-state index < -0.39 is 5.82 Å². The lowest BCUT2D eigenvalue weighted by molar-refractivity contribution is -0.146. The highest BCUT2D eigenvalue weighted by Crippen LogP contribution is 2.39. The van der Waals surface area contributed by atoms with Gasteiger partial charge in [0, 0.05) is 68.5 Å². The number of thiophene rings is 1. The van der Waals surface area contributed by atoms with E-state index >= 15 is 0 Å². The number of halogens is 1. The van der Waals surface area contributed by atoms with Gasteiger partial charge in [0.05, 0.1) is 33.9 Å². The molecule has 1 saturated heterocycles. The quantitative estimate of drug-likeness (QED) is 0.173. The molecular formula is C33H36FN7O5S. The molecule has 4 amide bonds. The SMILES string of the molecule is CCNC(=O)N1CC(N(CC(=O)OCC)Cc2ccc(-c3cc4nccc(Oc5ccc(NC(=O)NC6CC6)cc5F)c4s3)nc2)C1. The van der Waals surface area contributed by atoms with Crippen molar-refractivity contribution >= 4 is 45.3 Å². The molecular weight excluding hydrogens is 625 g/mol. The molecule has 0 spiro atoms. The number of aromatic nitrogens is 2. The molecule has 0 radical (unpaired) electrons. The van der Waals surface area contributed by atoms with Gasteiger partial charge >= 0.3 is 18.0 Å². The second kappa shape index (κ2) is 14.3. The minimum absolute atomic E-state index is 0.0241. The van der Waals surface area contributed by atoms with Crippen molar-refractivity contribution in [2.75, 3.05) is 38.1 Å². The number of nitrogens with zero attached hydrogens (tertiary/aromatic N) is 4. The number of ether oxygens (including phenoxy) is 2. The molecule has 1 aliphatic heterocycles. The Kier molecular flexibility index (Phi) is 9.78. The van der Waals surface area contributed by atoms with Gasteiger partial charge < -0.3 is 30.3 Å². The summed E-state index contributed by atoms with van der Waals surface area (Å²) in [7, 11) is 0. The van der Waals surface area contributed by atoms with Gasteiger partial charge in [-0.1, -0.05) is 6.07 Å². The molecule has 1 aliphatic carbocycles.